The first-order chi connectivity index (χ1) is 19.3. The fourth-order valence-corrected chi connectivity index (χ4v) is 5.26. The Morgan fingerprint density at radius 3 is 1.32 bits per heavy atom. The predicted molar refractivity (Wildman–Crippen MR) is 159 cm³/mol. The second-order valence-electron chi connectivity index (χ2n) is 11.1. The number of unbranched alkanes of at least 4 members (excludes halogenated alkanes) is 20. The molecule has 9 nitrogen and oxygen atoms in total. The summed E-state index contributed by atoms with van der Waals surface area (Å²) in [5.41, 5.74) is 0. The molecule has 0 amide bonds. The van der Waals surface area contributed by atoms with Crippen molar-refractivity contribution < 1.29 is 43.4 Å². The van der Waals surface area contributed by atoms with Gasteiger partial charge in [0.15, 0.2) is 0 Å². The number of phosphoric ester groups is 1. The van der Waals surface area contributed by atoms with E-state index in [-0.39, 0.29) is 13.0 Å². The van der Waals surface area contributed by atoms with Gasteiger partial charge in [-0.05, 0) is 6.42 Å². The Morgan fingerprint density at radius 1 is 0.600 bits per heavy atom. The molecule has 0 spiro atoms. The maximum Gasteiger partial charge on any atom is 0.472 e. The number of ether oxygens (including phenoxy) is 1. The Balaban J connectivity index is 3.39. The highest BCUT2D eigenvalue weighted by atomic mass is 31.2. The summed E-state index contributed by atoms with van der Waals surface area (Å²) in [6.07, 6.45) is 25.1. The summed E-state index contributed by atoms with van der Waals surface area (Å²) in [7, 11) is -4.48. The molecular weight excluding hydrogens is 535 g/mol. The van der Waals surface area contributed by atoms with Crippen molar-refractivity contribution >= 4 is 13.8 Å². The molecule has 0 fully saturated rings. The van der Waals surface area contributed by atoms with Gasteiger partial charge in [0.05, 0.1) is 19.8 Å². The second-order valence-corrected chi connectivity index (χ2v) is 12.5. The van der Waals surface area contributed by atoms with Crippen molar-refractivity contribution in [1.82, 2.24) is 0 Å². The third-order valence-corrected chi connectivity index (χ3v) is 7.94. The van der Waals surface area contributed by atoms with Gasteiger partial charge in [0.2, 0.25) is 0 Å². The summed E-state index contributed by atoms with van der Waals surface area (Å²) in [4.78, 5) is 21.2. The van der Waals surface area contributed by atoms with Crippen molar-refractivity contribution in [2.24, 2.45) is 0 Å². The highest BCUT2D eigenvalue weighted by Gasteiger charge is 2.24. The molecule has 0 aliphatic carbocycles. The highest BCUT2D eigenvalue weighted by Crippen LogP contribution is 2.43. The Labute approximate surface area is 244 Å². The van der Waals surface area contributed by atoms with Crippen LogP contribution in [0.5, 0.6) is 0 Å². The van der Waals surface area contributed by atoms with Gasteiger partial charge in [0, 0.05) is 6.42 Å². The van der Waals surface area contributed by atoms with Gasteiger partial charge in [-0.2, -0.15) is 0 Å². The molecule has 4 N–H and O–H groups in total. The number of aliphatic hydroxyl groups is 3. The van der Waals surface area contributed by atoms with Crippen LogP contribution in [0, 0.1) is 0 Å². The lowest BCUT2D eigenvalue weighted by Crippen LogP contribution is -2.24. The predicted octanol–water partition coefficient (Wildman–Crippen LogP) is 6.98. The zero-order valence-corrected chi connectivity index (χ0v) is 26.2. The molecule has 0 saturated heterocycles. The SMILES string of the molecule is CCCCCCCCCCCCCCCCCCCCCCCC(=O)OCC(O)COP(=O)(O)OCC(O)CO. The topological polar surface area (TPSA) is 143 Å². The van der Waals surface area contributed by atoms with Crippen molar-refractivity contribution in [1.29, 1.82) is 0 Å². The third kappa shape index (κ3) is 29.0. The molecule has 3 unspecified atom stereocenters. The Kier molecular flexibility index (Phi) is 28.2. The summed E-state index contributed by atoms with van der Waals surface area (Å²) in [5.74, 6) is -0.425. The maximum atomic E-state index is 11.8. The van der Waals surface area contributed by atoms with Crippen molar-refractivity contribution in [3.63, 3.8) is 0 Å². The van der Waals surface area contributed by atoms with Gasteiger partial charge in [0.25, 0.3) is 0 Å². The van der Waals surface area contributed by atoms with Crippen LogP contribution >= 0.6 is 7.82 Å². The van der Waals surface area contributed by atoms with Gasteiger partial charge < -0.3 is 24.9 Å². The molecule has 240 valence electrons. The van der Waals surface area contributed by atoms with Gasteiger partial charge in [-0.3, -0.25) is 13.8 Å². The van der Waals surface area contributed by atoms with Crippen molar-refractivity contribution in [2.45, 2.75) is 160 Å². The lowest BCUT2D eigenvalue weighted by Gasteiger charge is -2.16. The van der Waals surface area contributed by atoms with Crippen molar-refractivity contribution in [3.05, 3.63) is 0 Å². The number of esters is 1. The summed E-state index contributed by atoms with van der Waals surface area (Å²) in [6, 6.07) is 0. The average molecular weight is 597 g/mol. The summed E-state index contributed by atoms with van der Waals surface area (Å²) < 4.78 is 25.6. The molecule has 0 aliphatic heterocycles. The largest absolute Gasteiger partial charge is 0.472 e. The maximum absolute atomic E-state index is 11.8. The number of hydrogen-bond donors (Lipinski definition) is 4. The van der Waals surface area contributed by atoms with Crippen LogP contribution in [-0.4, -0.2) is 64.8 Å². The molecule has 0 aromatic rings. The van der Waals surface area contributed by atoms with Crippen LogP contribution in [0.25, 0.3) is 0 Å². The molecule has 0 rings (SSSR count). The molecule has 0 heterocycles. The lowest BCUT2D eigenvalue weighted by atomic mass is 10.0. The first-order valence-electron chi connectivity index (χ1n) is 16.0. The summed E-state index contributed by atoms with van der Waals surface area (Å²) >= 11 is 0. The molecule has 0 aromatic carbocycles. The van der Waals surface area contributed by atoms with E-state index >= 15 is 0 Å². The van der Waals surface area contributed by atoms with Crippen LogP contribution in [0.4, 0.5) is 0 Å². The van der Waals surface area contributed by atoms with Gasteiger partial charge in [-0.25, -0.2) is 4.57 Å². The Morgan fingerprint density at radius 2 is 0.950 bits per heavy atom. The van der Waals surface area contributed by atoms with Crippen LogP contribution in [0.15, 0.2) is 0 Å². The van der Waals surface area contributed by atoms with E-state index in [1.54, 1.807) is 0 Å². The second kappa shape index (κ2) is 28.6. The minimum absolute atomic E-state index is 0.271. The number of carbonyl (C=O) groups is 1. The van der Waals surface area contributed by atoms with Crippen LogP contribution in [0.2, 0.25) is 0 Å². The molecule has 0 saturated carbocycles. The Bertz CT molecular complexity index is 606. The van der Waals surface area contributed by atoms with Crippen molar-refractivity contribution in [3.8, 4) is 0 Å². The first-order valence-corrected chi connectivity index (χ1v) is 17.5. The Hall–Kier alpha value is -0.540. The van der Waals surface area contributed by atoms with E-state index < -0.39 is 45.8 Å². The summed E-state index contributed by atoms with van der Waals surface area (Å²) in [5, 5.41) is 27.5. The molecule has 0 aromatic heterocycles. The average Bonchev–Trinajstić information content (AvgIpc) is 2.94. The third-order valence-electron chi connectivity index (χ3n) is 6.99. The van der Waals surface area contributed by atoms with Gasteiger partial charge >= 0.3 is 13.8 Å². The number of hydrogen-bond acceptors (Lipinski definition) is 8. The van der Waals surface area contributed by atoms with E-state index in [1.807, 2.05) is 0 Å². The van der Waals surface area contributed by atoms with E-state index in [2.05, 4.69) is 16.0 Å². The van der Waals surface area contributed by atoms with Crippen LogP contribution in [-0.2, 0) is 23.1 Å². The zero-order chi connectivity index (χ0) is 29.7. The number of aliphatic hydroxyl groups excluding tert-OH is 3. The first kappa shape index (κ1) is 39.5. The number of phosphoric acid groups is 1. The van der Waals surface area contributed by atoms with E-state index in [9.17, 15) is 19.4 Å². The monoisotopic (exact) mass is 596 g/mol. The number of carbonyl (C=O) groups excluding carboxylic acids is 1. The molecule has 3 atom stereocenters. The van der Waals surface area contributed by atoms with Gasteiger partial charge in [-0.1, -0.05) is 135 Å². The molecule has 40 heavy (non-hydrogen) atoms. The van der Waals surface area contributed by atoms with E-state index in [0.29, 0.717) is 0 Å². The minimum atomic E-state index is -4.48. The van der Waals surface area contributed by atoms with Crippen molar-refractivity contribution in [2.75, 3.05) is 26.4 Å². The summed E-state index contributed by atoms with van der Waals surface area (Å²) in [6.45, 7) is 0.133. The fourth-order valence-electron chi connectivity index (χ4n) is 4.46. The smallest absolute Gasteiger partial charge is 0.463 e. The molecule has 0 radical (unpaired) electrons. The quantitative estimate of drug-likeness (QED) is 0.0379. The molecule has 10 heteroatoms. The zero-order valence-electron chi connectivity index (χ0n) is 25.3. The standard InChI is InChI=1S/C30H61O9P/c1-2-3-4-5-6-7-8-9-10-11-12-13-14-15-16-17-18-19-20-21-22-23-30(34)37-25-29(33)27-39-40(35,36)38-26-28(32)24-31/h28-29,31-33H,2-27H2,1H3,(H,35,36). The van der Waals surface area contributed by atoms with Crippen LogP contribution < -0.4 is 0 Å². The normalized spacial score (nSPS) is 14.6. The van der Waals surface area contributed by atoms with E-state index in [4.69, 9.17) is 14.9 Å². The molecule has 0 aliphatic rings. The van der Waals surface area contributed by atoms with Gasteiger partial charge in [-0.15, -0.1) is 0 Å². The lowest BCUT2D eigenvalue weighted by molar-refractivity contribution is -0.147. The molecule has 0 bridgehead atoms. The van der Waals surface area contributed by atoms with Crippen LogP contribution in [0.1, 0.15) is 148 Å². The fraction of sp³-hybridized carbons (Fsp3) is 0.967. The van der Waals surface area contributed by atoms with E-state index in [1.165, 1.54) is 116 Å². The van der Waals surface area contributed by atoms with E-state index in [0.717, 1.165) is 19.3 Å². The van der Waals surface area contributed by atoms with Crippen LogP contribution in [0.3, 0.4) is 0 Å². The molecular formula is C30H61O9P. The number of rotatable bonds is 31. The highest BCUT2D eigenvalue weighted by molar-refractivity contribution is 7.47. The minimum Gasteiger partial charge on any atom is -0.463 e. The van der Waals surface area contributed by atoms with Gasteiger partial charge in [0.1, 0.15) is 18.8 Å².